The van der Waals surface area contributed by atoms with Gasteiger partial charge in [-0.1, -0.05) is 0 Å². The molecule has 1 heterocycles. The van der Waals surface area contributed by atoms with Gasteiger partial charge in [-0.2, -0.15) is 0 Å². The number of carbonyl (C=O) groups excluding carboxylic acids is 1. The van der Waals surface area contributed by atoms with Gasteiger partial charge in [0.15, 0.2) is 6.30 Å². The normalized spacial score (nSPS) is 23.4. The molecule has 1 atom stereocenters. The summed E-state index contributed by atoms with van der Waals surface area (Å²) >= 11 is 0. The number of piperazine rings is 1. The molecule has 0 saturated carbocycles. The van der Waals surface area contributed by atoms with Crippen molar-refractivity contribution in [2.45, 2.75) is 32.7 Å². The van der Waals surface area contributed by atoms with Crippen molar-refractivity contribution in [1.29, 1.82) is 0 Å². The molecule has 0 aromatic carbocycles. The molecule has 0 bridgehead atoms. The standard InChI is InChI=1S/C9H17FN2O2/c1-9(2,3)14-8(13)12-5-4-11-7(10)6-12/h7,11H,4-6H2,1-3H3/t7-/m1/s1. The number of hydrogen-bond acceptors (Lipinski definition) is 3. The van der Waals surface area contributed by atoms with Crippen molar-refractivity contribution >= 4 is 6.09 Å². The quantitative estimate of drug-likeness (QED) is 0.601. The summed E-state index contributed by atoms with van der Waals surface area (Å²) in [6, 6.07) is 0. The maximum Gasteiger partial charge on any atom is 0.410 e. The van der Waals surface area contributed by atoms with Gasteiger partial charge < -0.3 is 9.64 Å². The van der Waals surface area contributed by atoms with Crippen LogP contribution in [0.1, 0.15) is 20.8 Å². The van der Waals surface area contributed by atoms with Crippen molar-refractivity contribution in [1.82, 2.24) is 10.2 Å². The minimum atomic E-state index is -1.14. The topological polar surface area (TPSA) is 41.6 Å². The molecule has 1 N–H and O–H groups in total. The van der Waals surface area contributed by atoms with E-state index in [2.05, 4.69) is 5.32 Å². The van der Waals surface area contributed by atoms with Gasteiger partial charge in [-0.05, 0) is 20.8 Å². The minimum Gasteiger partial charge on any atom is -0.444 e. The third-order valence-corrected chi connectivity index (χ3v) is 1.78. The lowest BCUT2D eigenvalue weighted by atomic mass is 10.2. The number of nitrogens with zero attached hydrogens (tertiary/aromatic N) is 1. The Morgan fingerprint density at radius 3 is 2.71 bits per heavy atom. The average molecular weight is 204 g/mol. The van der Waals surface area contributed by atoms with Gasteiger partial charge in [-0.15, -0.1) is 0 Å². The Balaban J connectivity index is 2.44. The maximum atomic E-state index is 12.9. The summed E-state index contributed by atoms with van der Waals surface area (Å²) in [5.41, 5.74) is -0.520. The number of hydrogen-bond donors (Lipinski definition) is 1. The van der Waals surface area contributed by atoms with Crippen molar-refractivity contribution in [2.75, 3.05) is 19.6 Å². The summed E-state index contributed by atoms with van der Waals surface area (Å²) in [6.45, 7) is 6.41. The summed E-state index contributed by atoms with van der Waals surface area (Å²) in [5.74, 6) is 0. The van der Waals surface area contributed by atoms with Crippen molar-refractivity contribution in [3.8, 4) is 0 Å². The Morgan fingerprint density at radius 2 is 2.21 bits per heavy atom. The number of carbonyl (C=O) groups is 1. The first-order chi connectivity index (χ1) is 6.38. The summed E-state index contributed by atoms with van der Waals surface area (Å²) in [7, 11) is 0. The van der Waals surface area contributed by atoms with E-state index in [0.29, 0.717) is 13.1 Å². The van der Waals surface area contributed by atoms with Crippen molar-refractivity contribution in [3.05, 3.63) is 0 Å². The molecule has 14 heavy (non-hydrogen) atoms. The van der Waals surface area contributed by atoms with Crippen LogP contribution >= 0.6 is 0 Å². The second-order valence-corrected chi connectivity index (χ2v) is 4.35. The Bertz CT molecular complexity index is 215. The number of nitrogens with one attached hydrogen (secondary N) is 1. The fraction of sp³-hybridized carbons (Fsp3) is 0.889. The molecule has 1 fully saturated rings. The van der Waals surface area contributed by atoms with Gasteiger partial charge in [0.25, 0.3) is 0 Å². The molecule has 0 unspecified atom stereocenters. The number of rotatable bonds is 0. The molecule has 0 radical (unpaired) electrons. The van der Waals surface area contributed by atoms with Crippen molar-refractivity contribution in [3.63, 3.8) is 0 Å². The van der Waals surface area contributed by atoms with Gasteiger partial charge in [0.1, 0.15) is 5.60 Å². The summed E-state index contributed by atoms with van der Waals surface area (Å²) in [6.07, 6.45) is -1.59. The second-order valence-electron chi connectivity index (χ2n) is 4.35. The van der Waals surface area contributed by atoms with Crippen LogP contribution in [0, 0.1) is 0 Å². The summed E-state index contributed by atoms with van der Waals surface area (Å²) in [5, 5.41) is 2.61. The predicted octanol–water partition coefficient (Wildman–Crippen LogP) is 1.12. The van der Waals surface area contributed by atoms with Crippen LogP contribution in [0.3, 0.4) is 0 Å². The zero-order valence-corrected chi connectivity index (χ0v) is 8.84. The van der Waals surface area contributed by atoms with Crippen molar-refractivity contribution < 1.29 is 13.9 Å². The number of alkyl halides is 1. The summed E-state index contributed by atoms with van der Waals surface area (Å²) < 4.78 is 18.0. The van der Waals surface area contributed by atoms with Crippen LogP contribution in [0.15, 0.2) is 0 Å². The van der Waals surface area contributed by atoms with E-state index < -0.39 is 18.0 Å². The lowest BCUT2D eigenvalue weighted by Gasteiger charge is -2.31. The van der Waals surface area contributed by atoms with Crippen LogP contribution in [-0.4, -0.2) is 42.5 Å². The Kier molecular flexibility index (Phi) is 3.31. The summed E-state index contributed by atoms with van der Waals surface area (Å²) in [4.78, 5) is 12.8. The average Bonchev–Trinajstić information content (AvgIpc) is 2.01. The van der Waals surface area contributed by atoms with E-state index in [1.165, 1.54) is 4.90 Å². The molecule has 0 aliphatic carbocycles. The number of ether oxygens (including phenoxy) is 1. The molecule has 0 spiro atoms. The van der Waals surface area contributed by atoms with Crippen LogP contribution in [0.25, 0.3) is 0 Å². The number of amides is 1. The van der Waals surface area contributed by atoms with E-state index in [-0.39, 0.29) is 6.54 Å². The molecule has 0 aromatic heterocycles. The second kappa shape index (κ2) is 4.13. The highest BCUT2D eigenvalue weighted by Crippen LogP contribution is 2.11. The Morgan fingerprint density at radius 1 is 1.57 bits per heavy atom. The van der Waals surface area contributed by atoms with Crippen LogP contribution < -0.4 is 5.32 Å². The largest absolute Gasteiger partial charge is 0.444 e. The fourth-order valence-corrected chi connectivity index (χ4v) is 1.20. The molecule has 1 saturated heterocycles. The van der Waals surface area contributed by atoms with E-state index in [4.69, 9.17) is 4.74 Å². The first-order valence-electron chi connectivity index (χ1n) is 4.74. The van der Waals surface area contributed by atoms with Gasteiger partial charge in [-0.3, -0.25) is 5.32 Å². The maximum absolute atomic E-state index is 12.9. The fourth-order valence-electron chi connectivity index (χ4n) is 1.20. The highest BCUT2D eigenvalue weighted by atomic mass is 19.1. The molecule has 5 heteroatoms. The smallest absolute Gasteiger partial charge is 0.410 e. The molecule has 1 amide bonds. The first-order valence-corrected chi connectivity index (χ1v) is 4.74. The third kappa shape index (κ3) is 3.49. The highest BCUT2D eigenvalue weighted by molar-refractivity contribution is 5.68. The predicted molar refractivity (Wildman–Crippen MR) is 50.7 cm³/mol. The van der Waals surface area contributed by atoms with Gasteiger partial charge >= 0.3 is 6.09 Å². The van der Waals surface area contributed by atoms with Crippen LogP contribution in [0.2, 0.25) is 0 Å². The van der Waals surface area contributed by atoms with E-state index in [0.717, 1.165) is 0 Å². The van der Waals surface area contributed by atoms with E-state index >= 15 is 0 Å². The zero-order valence-electron chi connectivity index (χ0n) is 8.84. The first kappa shape index (κ1) is 11.2. The third-order valence-electron chi connectivity index (χ3n) is 1.78. The van der Waals surface area contributed by atoms with Crippen LogP contribution in [0.5, 0.6) is 0 Å². The van der Waals surface area contributed by atoms with E-state index in [1.807, 2.05) is 0 Å². The van der Waals surface area contributed by atoms with E-state index in [1.54, 1.807) is 20.8 Å². The zero-order chi connectivity index (χ0) is 10.8. The van der Waals surface area contributed by atoms with Crippen molar-refractivity contribution in [2.24, 2.45) is 0 Å². The van der Waals surface area contributed by atoms with Gasteiger partial charge in [-0.25, -0.2) is 9.18 Å². The molecule has 82 valence electrons. The molecular weight excluding hydrogens is 187 g/mol. The highest BCUT2D eigenvalue weighted by Gasteiger charge is 2.26. The molecule has 1 rings (SSSR count). The van der Waals surface area contributed by atoms with Crippen LogP contribution in [-0.2, 0) is 4.74 Å². The Labute approximate surface area is 83.4 Å². The number of halogens is 1. The Hall–Kier alpha value is -0.840. The SMILES string of the molecule is CC(C)(C)OC(=O)N1CCN[C@@H](F)C1. The van der Waals surface area contributed by atoms with Gasteiger partial charge in [0, 0.05) is 13.1 Å². The minimum absolute atomic E-state index is 0.0644. The van der Waals surface area contributed by atoms with Crippen LogP contribution in [0.4, 0.5) is 9.18 Å². The van der Waals surface area contributed by atoms with Gasteiger partial charge in [0.2, 0.25) is 0 Å². The molecule has 1 aliphatic rings. The lowest BCUT2D eigenvalue weighted by Crippen LogP contribution is -2.51. The molecule has 4 nitrogen and oxygen atoms in total. The van der Waals surface area contributed by atoms with Gasteiger partial charge in [0.05, 0.1) is 6.54 Å². The monoisotopic (exact) mass is 204 g/mol. The molecule has 1 aliphatic heterocycles. The molecular formula is C9H17FN2O2. The lowest BCUT2D eigenvalue weighted by molar-refractivity contribution is 0.0125. The van der Waals surface area contributed by atoms with E-state index in [9.17, 15) is 9.18 Å². The molecule has 0 aromatic rings.